The lowest BCUT2D eigenvalue weighted by Gasteiger charge is -2.26. The fraction of sp³-hybridized carbons (Fsp3) is 0.0612. The first kappa shape index (κ1) is 31.0. The molecule has 0 bridgehead atoms. The van der Waals surface area contributed by atoms with Gasteiger partial charge in [-0.3, -0.25) is 0 Å². The summed E-state index contributed by atoms with van der Waals surface area (Å²) in [4.78, 5) is 10.2. The Morgan fingerprint density at radius 2 is 0.943 bits per heavy atom. The summed E-state index contributed by atoms with van der Waals surface area (Å²) in [5.74, 6) is 3.59. The van der Waals surface area contributed by atoms with E-state index < -0.39 is 0 Å². The van der Waals surface area contributed by atoms with Gasteiger partial charge >= 0.3 is 0 Å². The topological polar surface area (TPSA) is 44.2 Å². The maximum absolute atomic E-state index is 6.89. The fourth-order valence-electron chi connectivity index (χ4n) is 7.82. The molecule has 8 aromatic rings. The maximum atomic E-state index is 6.89. The monoisotopic (exact) mass is 682 g/mol. The summed E-state index contributed by atoms with van der Waals surface area (Å²) in [6.07, 6.45) is 0. The van der Waals surface area contributed by atoms with Crippen LogP contribution in [0.25, 0.3) is 67.3 Å². The number of benzene rings is 7. The summed E-state index contributed by atoms with van der Waals surface area (Å²) in [7, 11) is 0. The molecule has 10 rings (SSSR count). The summed E-state index contributed by atoms with van der Waals surface area (Å²) in [5, 5.41) is 0. The average Bonchev–Trinajstić information content (AvgIpc) is 3.46. The van der Waals surface area contributed by atoms with Crippen LogP contribution in [-0.4, -0.2) is 9.97 Å². The summed E-state index contributed by atoms with van der Waals surface area (Å²) in [6.45, 7) is 4.55. The van der Waals surface area contributed by atoms with Gasteiger partial charge in [-0.15, -0.1) is 0 Å². The third-order valence-electron chi connectivity index (χ3n) is 10.6. The van der Waals surface area contributed by atoms with Crippen molar-refractivity contribution in [3.05, 3.63) is 181 Å². The van der Waals surface area contributed by atoms with Gasteiger partial charge in [0.05, 0.1) is 11.4 Å². The molecule has 0 saturated heterocycles. The van der Waals surface area contributed by atoms with Crippen LogP contribution in [0.15, 0.2) is 170 Å². The lowest BCUT2D eigenvalue weighted by Crippen LogP contribution is -2.15. The van der Waals surface area contributed by atoms with E-state index in [9.17, 15) is 0 Å². The van der Waals surface area contributed by atoms with Crippen molar-refractivity contribution in [2.24, 2.45) is 0 Å². The molecule has 2 heterocycles. The molecule has 252 valence electrons. The zero-order valence-corrected chi connectivity index (χ0v) is 29.4. The van der Waals surface area contributed by atoms with E-state index in [1.165, 1.54) is 27.8 Å². The zero-order valence-electron chi connectivity index (χ0n) is 29.4. The quantitative estimate of drug-likeness (QED) is 0.181. The first-order chi connectivity index (χ1) is 26.0. The average molecular weight is 683 g/mol. The number of aromatic nitrogens is 2. The Balaban J connectivity index is 1.02. The van der Waals surface area contributed by atoms with Gasteiger partial charge in [0.25, 0.3) is 0 Å². The Bertz CT molecular complexity index is 2670. The highest BCUT2D eigenvalue weighted by Crippen LogP contribution is 2.59. The van der Waals surface area contributed by atoms with Crippen molar-refractivity contribution in [2.75, 3.05) is 0 Å². The molecule has 1 aliphatic heterocycles. The maximum Gasteiger partial charge on any atom is 0.178 e. The van der Waals surface area contributed by atoms with Gasteiger partial charge in [-0.1, -0.05) is 166 Å². The van der Waals surface area contributed by atoms with E-state index in [1.807, 2.05) is 42.5 Å². The molecule has 1 aromatic heterocycles. The van der Waals surface area contributed by atoms with Gasteiger partial charge in [-0.05, 0) is 51.6 Å². The lowest BCUT2D eigenvalue weighted by molar-refractivity contribution is 0.361. The Morgan fingerprint density at radius 1 is 0.396 bits per heavy atom. The highest BCUT2D eigenvalue weighted by molar-refractivity contribution is 5.89. The van der Waals surface area contributed by atoms with Crippen LogP contribution in [0.3, 0.4) is 0 Å². The van der Waals surface area contributed by atoms with Crippen LogP contribution in [0.2, 0.25) is 0 Å². The van der Waals surface area contributed by atoms with Gasteiger partial charge in [-0.2, -0.15) is 0 Å². The number of para-hydroxylation sites is 1. The minimum atomic E-state index is -0.134. The van der Waals surface area contributed by atoms with Crippen molar-refractivity contribution >= 4 is 0 Å². The van der Waals surface area contributed by atoms with Crippen LogP contribution >= 0.6 is 0 Å². The van der Waals surface area contributed by atoms with Gasteiger partial charge in [0.1, 0.15) is 0 Å². The second-order valence-electron chi connectivity index (χ2n) is 14.2. The van der Waals surface area contributed by atoms with Gasteiger partial charge in [0.2, 0.25) is 0 Å². The number of rotatable bonds is 5. The van der Waals surface area contributed by atoms with E-state index in [0.29, 0.717) is 17.3 Å². The molecule has 53 heavy (non-hydrogen) atoms. The molecule has 0 saturated carbocycles. The summed E-state index contributed by atoms with van der Waals surface area (Å²) < 4.78 is 13.4. The molecule has 2 aliphatic rings. The van der Waals surface area contributed by atoms with Crippen LogP contribution in [0.1, 0.15) is 25.0 Å². The van der Waals surface area contributed by atoms with Crippen LogP contribution < -0.4 is 9.47 Å². The molecular formula is C49H34N2O2. The molecule has 0 atom stereocenters. The van der Waals surface area contributed by atoms with Gasteiger partial charge in [0, 0.05) is 33.2 Å². The Kier molecular flexibility index (Phi) is 7.12. The van der Waals surface area contributed by atoms with E-state index in [1.54, 1.807) is 0 Å². The second-order valence-corrected chi connectivity index (χ2v) is 14.2. The molecule has 1 aliphatic carbocycles. The molecule has 0 spiro atoms. The van der Waals surface area contributed by atoms with Gasteiger partial charge in [0.15, 0.2) is 28.8 Å². The lowest BCUT2D eigenvalue weighted by atomic mass is 9.82. The van der Waals surface area contributed by atoms with Crippen LogP contribution in [0, 0.1) is 0 Å². The number of nitrogens with zero attached hydrogens (tertiary/aromatic N) is 2. The Morgan fingerprint density at radius 3 is 1.68 bits per heavy atom. The summed E-state index contributed by atoms with van der Waals surface area (Å²) in [5.41, 5.74) is 13.8. The van der Waals surface area contributed by atoms with Crippen molar-refractivity contribution in [2.45, 2.75) is 19.3 Å². The van der Waals surface area contributed by atoms with Crippen molar-refractivity contribution in [3.63, 3.8) is 0 Å². The minimum Gasteiger partial charge on any atom is -0.449 e. The molecule has 7 aromatic carbocycles. The smallest absolute Gasteiger partial charge is 0.178 e. The van der Waals surface area contributed by atoms with Gasteiger partial charge < -0.3 is 9.47 Å². The van der Waals surface area contributed by atoms with E-state index in [0.717, 1.165) is 56.3 Å². The zero-order chi connectivity index (χ0) is 35.5. The normalized spacial score (nSPS) is 13.2. The van der Waals surface area contributed by atoms with Crippen LogP contribution in [0.4, 0.5) is 0 Å². The summed E-state index contributed by atoms with van der Waals surface area (Å²) >= 11 is 0. The van der Waals surface area contributed by atoms with Crippen molar-refractivity contribution in [1.29, 1.82) is 0 Å². The number of fused-ring (bicyclic) bond motifs is 6. The number of hydrogen-bond donors (Lipinski definition) is 0. The number of ether oxygens (including phenoxy) is 2. The van der Waals surface area contributed by atoms with Crippen LogP contribution in [-0.2, 0) is 5.41 Å². The molecular weight excluding hydrogens is 649 g/mol. The van der Waals surface area contributed by atoms with Crippen molar-refractivity contribution < 1.29 is 9.47 Å². The van der Waals surface area contributed by atoms with Crippen molar-refractivity contribution in [1.82, 2.24) is 9.97 Å². The predicted molar refractivity (Wildman–Crippen MR) is 213 cm³/mol. The SMILES string of the molecule is CC1(C)c2ccccc2-c2c1ccc1c2Oc2c(cccc2-c2ccc(-c3nc(-c4ccccc4)cc(-c4ccc(-c5ccccc5)cc4)n3)cc2)O1. The second kappa shape index (κ2) is 12.2. The molecule has 0 N–H and O–H groups in total. The van der Waals surface area contributed by atoms with E-state index in [2.05, 4.69) is 141 Å². The number of hydrogen-bond acceptors (Lipinski definition) is 4. The highest BCUT2D eigenvalue weighted by atomic mass is 16.6. The minimum absolute atomic E-state index is 0.134. The molecule has 0 unspecified atom stereocenters. The first-order valence-corrected chi connectivity index (χ1v) is 18.0. The van der Waals surface area contributed by atoms with E-state index in [-0.39, 0.29) is 5.41 Å². The first-order valence-electron chi connectivity index (χ1n) is 18.0. The molecule has 4 nitrogen and oxygen atoms in total. The fourth-order valence-corrected chi connectivity index (χ4v) is 7.82. The van der Waals surface area contributed by atoms with E-state index in [4.69, 9.17) is 19.4 Å². The standard InChI is InChI=1S/C49H34N2O2/c1-49(2)39-18-10-9-16-38(39)45-40(49)28-29-44-47(45)53-46-37(17-11-19-43(46)52-44)33-22-26-36(27-23-33)48-50-41(34-14-7-4-8-15-34)30-42(51-48)35-24-20-32(21-25-35)31-12-5-3-6-13-31/h3-30H,1-2H3. The molecule has 0 radical (unpaired) electrons. The predicted octanol–water partition coefficient (Wildman–Crippen LogP) is 13.0. The third kappa shape index (κ3) is 5.22. The third-order valence-corrected chi connectivity index (χ3v) is 10.6. The Hall–Kier alpha value is -6.78. The van der Waals surface area contributed by atoms with Crippen molar-refractivity contribution in [3.8, 4) is 90.3 Å². The van der Waals surface area contributed by atoms with Crippen LogP contribution in [0.5, 0.6) is 23.0 Å². The largest absolute Gasteiger partial charge is 0.449 e. The Labute approximate surface area is 309 Å². The molecule has 0 amide bonds. The summed E-state index contributed by atoms with van der Waals surface area (Å²) in [6, 6.07) is 58.7. The van der Waals surface area contributed by atoms with Gasteiger partial charge in [-0.25, -0.2) is 9.97 Å². The van der Waals surface area contributed by atoms with E-state index >= 15 is 0 Å². The molecule has 0 fully saturated rings. The highest BCUT2D eigenvalue weighted by Gasteiger charge is 2.39. The molecule has 4 heteroatoms.